The molecule has 2 aromatic rings. The summed E-state index contributed by atoms with van der Waals surface area (Å²) in [6, 6.07) is 9.31. The highest BCUT2D eigenvalue weighted by Gasteiger charge is 2.12. The second-order valence-corrected chi connectivity index (χ2v) is 4.37. The molecule has 0 bridgehead atoms. The van der Waals surface area contributed by atoms with Crippen LogP contribution in [0.25, 0.3) is 10.9 Å². The Morgan fingerprint density at radius 3 is 2.82 bits per heavy atom. The maximum atomic E-state index is 11.9. The Kier molecular flexibility index (Phi) is 3.38. The zero-order chi connectivity index (χ0) is 12.3. The molecule has 88 valence electrons. The first-order chi connectivity index (χ1) is 8.18. The number of para-hydroxylation sites is 1. The molecule has 0 unspecified atom stereocenters. The van der Waals surface area contributed by atoms with E-state index in [1.165, 1.54) is 0 Å². The van der Waals surface area contributed by atoms with Crippen LogP contribution in [0.5, 0.6) is 0 Å². The largest absolute Gasteiger partial charge is 0.462 e. The van der Waals surface area contributed by atoms with Gasteiger partial charge in [0.2, 0.25) is 0 Å². The second-order valence-electron chi connectivity index (χ2n) is 4.37. The lowest BCUT2D eigenvalue weighted by Gasteiger charge is -2.08. The molecule has 17 heavy (non-hydrogen) atoms. The Hall–Kier alpha value is -1.90. The van der Waals surface area contributed by atoms with Crippen molar-refractivity contribution in [1.82, 2.24) is 4.98 Å². The highest BCUT2D eigenvalue weighted by atomic mass is 16.5. The first-order valence-electron chi connectivity index (χ1n) is 5.69. The summed E-state index contributed by atoms with van der Waals surface area (Å²) < 4.78 is 5.22. The molecule has 3 nitrogen and oxygen atoms in total. The van der Waals surface area contributed by atoms with Gasteiger partial charge in [0.15, 0.2) is 0 Å². The van der Waals surface area contributed by atoms with Crippen LogP contribution in [0.2, 0.25) is 0 Å². The van der Waals surface area contributed by atoms with Crippen molar-refractivity contribution in [3.63, 3.8) is 0 Å². The molecule has 0 N–H and O–H groups in total. The number of carbonyl (C=O) groups is 1. The maximum Gasteiger partial charge on any atom is 0.340 e. The average Bonchev–Trinajstić information content (AvgIpc) is 2.35. The molecule has 0 aliphatic carbocycles. The SMILES string of the molecule is CC(C)COC(=O)c1cccc2cccnc12. The van der Waals surface area contributed by atoms with Gasteiger partial charge in [0.1, 0.15) is 0 Å². The lowest BCUT2D eigenvalue weighted by Crippen LogP contribution is -2.10. The number of esters is 1. The summed E-state index contributed by atoms with van der Waals surface area (Å²) in [6.07, 6.45) is 1.68. The molecule has 0 atom stereocenters. The molecule has 0 saturated carbocycles. The fourth-order valence-electron chi connectivity index (χ4n) is 1.59. The minimum Gasteiger partial charge on any atom is -0.462 e. The monoisotopic (exact) mass is 229 g/mol. The minimum absolute atomic E-state index is 0.303. The number of rotatable bonds is 3. The maximum absolute atomic E-state index is 11.9. The van der Waals surface area contributed by atoms with Crippen molar-refractivity contribution in [2.75, 3.05) is 6.61 Å². The van der Waals surface area contributed by atoms with Gasteiger partial charge >= 0.3 is 5.97 Å². The van der Waals surface area contributed by atoms with Gasteiger partial charge < -0.3 is 4.74 Å². The number of hydrogen-bond donors (Lipinski definition) is 0. The van der Waals surface area contributed by atoms with Crippen LogP contribution in [-0.2, 0) is 4.74 Å². The number of hydrogen-bond acceptors (Lipinski definition) is 3. The zero-order valence-electron chi connectivity index (χ0n) is 10.0. The van der Waals surface area contributed by atoms with E-state index < -0.39 is 0 Å². The molecule has 0 fully saturated rings. The van der Waals surface area contributed by atoms with E-state index in [-0.39, 0.29) is 5.97 Å². The molecule has 0 amide bonds. The average molecular weight is 229 g/mol. The standard InChI is InChI=1S/C14H15NO2/c1-10(2)9-17-14(16)12-7-3-5-11-6-4-8-15-13(11)12/h3-8,10H,9H2,1-2H3. The van der Waals surface area contributed by atoms with E-state index in [1.54, 1.807) is 12.3 Å². The van der Waals surface area contributed by atoms with Crippen LogP contribution < -0.4 is 0 Å². The van der Waals surface area contributed by atoms with Gasteiger partial charge in [-0.1, -0.05) is 32.0 Å². The van der Waals surface area contributed by atoms with Gasteiger partial charge in [0.05, 0.1) is 17.7 Å². The van der Waals surface area contributed by atoms with Gasteiger partial charge in [-0.25, -0.2) is 4.79 Å². The van der Waals surface area contributed by atoms with E-state index in [4.69, 9.17) is 4.74 Å². The van der Waals surface area contributed by atoms with E-state index in [1.807, 2.05) is 38.1 Å². The molecule has 0 spiro atoms. The van der Waals surface area contributed by atoms with Gasteiger partial charge in [0.25, 0.3) is 0 Å². The third-order valence-electron chi connectivity index (χ3n) is 2.40. The molecule has 3 heteroatoms. The molecule has 0 aliphatic rings. The molecular weight excluding hydrogens is 214 g/mol. The third kappa shape index (κ3) is 2.61. The summed E-state index contributed by atoms with van der Waals surface area (Å²) in [4.78, 5) is 16.1. The van der Waals surface area contributed by atoms with Crippen molar-refractivity contribution in [1.29, 1.82) is 0 Å². The number of pyridine rings is 1. The normalized spacial score (nSPS) is 10.8. The number of nitrogens with zero attached hydrogens (tertiary/aromatic N) is 1. The van der Waals surface area contributed by atoms with Gasteiger partial charge in [0, 0.05) is 11.6 Å². The predicted molar refractivity (Wildman–Crippen MR) is 66.9 cm³/mol. The predicted octanol–water partition coefficient (Wildman–Crippen LogP) is 3.05. The molecule has 1 aromatic heterocycles. The Morgan fingerprint density at radius 1 is 1.29 bits per heavy atom. The minimum atomic E-state index is -0.303. The topological polar surface area (TPSA) is 39.2 Å². The van der Waals surface area contributed by atoms with Crippen molar-refractivity contribution in [3.05, 3.63) is 42.1 Å². The van der Waals surface area contributed by atoms with Crippen molar-refractivity contribution < 1.29 is 9.53 Å². The number of carbonyl (C=O) groups excluding carboxylic acids is 1. The Labute approximate surface area is 100 Å². The molecule has 2 rings (SSSR count). The van der Waals surface area contributed by atoms with Crippen molar-refractivity contribution in [2.24, 2.45) is 5.92 Å². The van der Waals surface area contributed by atoms with Crippen LogP contribution in [0.3, 0.4) is 0 Å². The number of ether oxygens (including phenoxy) is 1. The lowest BCUT2D eigenvalue weighted by atomic mass is 10.1. The first kappa shape index (κ1) is 11.6. The van der Waals surface area contributed by atoms with E-state index >= 15 is 0 Å². The molecule has 1 heterocycles. The van der Waals surface area contributed by atoms with Gasteiger partial charge in [-0.2, -0.15) is 0 Å². The summed E-state index contributed by atoms with van der Waals surface area (Å²) in [7, 11) is 0. The second kappa shape index (κ2) is 4.95. The molecule has 0 saturated heterocycles. The lowest BCUT2D eigenvalue weighted by molar-refractivity contribution is 0.0461. The fraction of sp³-hybridized carbons (Fsp3) is 0.286. The van der Waals surface area contributed by atoms with Crippen molar-refractivity contribution in [2.45, 2.75) is 13.8 Å². The number of fused-ring (bicyclic) bond motifs is 1. The van der Waals surface area contributed by atoms with Gasteiger partial charge in [-0.3, -0.25) is 4.98 Å². The first-order valence-corrected chi connectivity index (χ1v) is 5.69. The van der Waals surface area contributed by atoms with Crippen LogP contribution in [0.1, 0.15) is 24.2 Å². The van der Waals surface area contributed by atoms with Crippen molar-refractivity contribution >= 4 is 16.9 Å². The molecule has 1 aromatic carbocycles. The Morgan fingerprint density at radius 2 is 2.06 bits per heavy atom. The van der Waals surface area contributed by atoms with Crippen LogP contribution in [-0.4, -0.2) is 17.6 Å². The summed E-state index contributed by atoms with van der Waals surface area (Å²) in [5.41, 5.74) is 1.23. The third-order valence-corrected chi connectivity index (χ3v) is 2.40. The summed E-state index contributed by atoms with van der Waals surface area (Å²) in [6.45, 7) is 4.45. The van der Waals surface area contributed by atoms with Gasteiger partial charge in [-0.05, 0) is 18.1 Å². The molecule has 0 aliphatic heterocycles. The smallest absolute Gasteiger partial charge is 0.340 e. The van der Waals surface area contributed by atoms with Crippen LogP contribution in [0.15, 0.2) is 36.5 Å². The van der Waals surface area contributed by atoms with Gasteiger partial charge in [-0.15, -0.1) is 0 Å². The Bertz CT molecular complexity index is 529. The van der Waals surface area contributed by atoms with Crippen LogP contribution in [0.4, 0.5) is 0 Å². The van der Waals surface area contributed by atoms with E-state index in [2.05, 4.69) is 4.98 Å². The Balaban J connectivity index is 2.32. The zero-order valence-corrected chi connectivity index (χ0v) is 10.0. The summed E-state index contributed by atoms with van der Waals surface area (Å²) in [5, 5.41) is 0.950. The highest BCUT2D eigenvalue weighted by molar-refractivity contribution is 6.02. The highest BCUT2D eigenvalue weighted by Crippen LogP contribution is 2.16. The quantitative estimate of drug-likeness (QED) is 0.759. The molecule has 0 radical (unpaired) electrons. The van der Waals surface area contributed by atoms with E-state index in [0.29, 0.717) is 23.6 Å². The van der Waals surface area contributed by atoms with Crippen LogP contribution in [0, 0.1) is 5.92 Å². The van der Waals surface area contributed by atoms with Crippen molar-refractivity contribution in [3.8, 4) is 0 Å². The fourth-order valence-corrected chi connectivity index (χ4v) is 1.59. The number of benzene rings is 1. The number of aromatic nitrogens is 1. The van der Waals surface area contributed by atoms with E-state index in [9.17, 15) is 4.79 Å². The van der Waals surface area contributed by atoms with Crippen LogP contribution >= 0.6 is 0 Å². The summed E-state index contributed by atoms with van der Waals surface area (Å²) in [5.74, 6) is 0.0323. The van der Waals surface area contributed by atoms with E-state index in [0.717, 1.165) is 5.39 Å². The molecular formula is C14H15NO2. The summed E-state index contributed by atoms with van der Waals surface area (Å²) >= 11 is 0.